The minimum atomic E-state index is -3.86. The normalized spacial score (nSPS) is 12.0. The third-order valence-corrected chi connectivity index (χ3v) is 7.05. The number of benzene rings is 2. The van der Waals surface area contributed by atoms with Crippen LogP contribution >= 0.6 is 0 Å². The standard InChI is InChI=1S/C27H37N3O5S/c1-6-8-16-28-27(33)25(7-2)29(18-22-14-12-20(3)13-15-22)26(32)19-30(36(5,34)35)24-11-9-10-23(17-24)21(4)31/h9-15,17,25H,6-8,16,18-19H2,1-5H3,(H,28,33)/t25-/m0/s1. The summed E-state index contributed by atoms with van der Waals surface area (Å²) in [6, 6.07) is 13.0. The predicted molar refractivity (Wildman–Crippen MR) is 142 cm³/mol. The maximum atomic E-state index is 13.7. The molecule has 0 saturated carbocycles. The molecule has 0 radical (unpaired) electrons. The summed E-state index contributed by atoms with van der Waals surface area (Å²) in [4.78, 5) is 40.0. The molecule has 1 N–H and O–H groups in total. The van der Waals surface area contributed by atoms with E-state index in [-0.39, 0.29) is 23.9 Å². The van der Waals surface area contributed by atoms with Crippen LogP contribution in [0.5, 0.6) is 0 Å². The molecular weight excluding hydrogens is 478 g/mol. The molecule has 36 heavy (non-hydrogen) atoms. The van der Waals surface area contributed by atoms with Crippen LogP contribution in [0.25, 0.3) is 0 Å². The van der Waals surface area contributed by atoms with Crippen LogP contribution in [-0.2, 0) is 26.2 Å². The molecule has 0 saturated heterocycles. The van der Waals surface area contributed by atoms with Gasteiger partial charge in [-0.2, -0.15) is 0 Å². The van der Waals surface area contributed by atoms with Crippen molar-refractivity contribution in [1.82, 2.24) is 10.2 Å². The second-order valence-corrected chi connectivity index (χ2v) is 10.9. The van der Waals surface area contributed by atoms with E-state index < -0.39 is 28.5 Å². The Bertz CT molecular complexity index is 1160. The van der Waals surface area contributed by atoms with Gasteiger partial charge >= 0.3 is 0 Å². The van der Waals surface area contributed by atoms with Crippen LogP contribution in [0.1, 0.15) is 61.5 Å². The minimum Gasteiger partial charge on any atom is -0.354 e. The zero-order chi connectivity index (χ0) is 26.9. The Balaban J connectivity index is 2.43. The number of carbonyl (C=O) groups is 3. The fourth-order valence-electron chi connectivity index (χ4n) is 3.81. The molecule has 2 aromatic carbocycles. The van der Waals surface area contributed by atoms with Crippen LogP contribution in [0.4, 0.5) is 5.69 Å². The molecule has 0 heterocycles. The van der Waals surface area contributed by atoms with Crippen molar-refractivity contribution in [2.24, 2.45) is 0 Å². The van der Waals surface area contributed by atoms with Gasteiger partial charge in [-0.15, -0.1) is 0 Å². The highest BCUT2D eigenvalue weighted by Crippen LogP contribution is 2.21. The zero-order valence-electron chi connectivity index (χ0n) is 21.8. The molecule has 8 nitrogen and oxygen atoms in total. The molecule has 0 aliphatic heterocycles. The molecule has 2 amide bonds. The molecule has 0 unspecified atom stereocenters. The lowest BCUT2D eigenvalue weighted by atomic mass is 10.1. The van der Waals surface area contributed by atoms with Crippen molar-refractivity contribution in [3.63, 3.8) is 0 Å². The summed E-state index contributed by atoms with van der Waals surface area (Å²) in [7, 11) is -3.86. The number of unbranched alkanes of at least 4 members (excludes halogenated alkanes) is 1. The lowest BCUT2D eigenvalue weighted by molar-refractivity contribution is -0.140. The van der Waals surface area contributed by atoms with E-state index in [4.69, 9.17) is 0 Å². The average molecular weight is 516 g/mol. The molecule has 0 bridgehead atoms. The smallest absolute Gasteiger partial charge is 0.244 e. The number of amides is 2. The van der Waals surface area contributed by atoms with E-state index in [1.807, 2.05) is 45.0 Å². The second-order valence-electron chi connectivity index (χ2n) is 8.95. The number of ketones is 1. The van der Waals surface area contributed by atoms with Crippen LogP contribution in [0.2, 0.25) is 0 Å². The Labute approximate surface area is 214 Å². The first kappa shape index (κ1) is 29.0. The van der Waals surface area contributed by atoms with E-state index in [1.165, 1.54) is 17.9 Å². The number of sulfonamides is 1. The van der Waals surface area contributed by atoms with Crippen molar-refractivity contribution in [3.05, 3.63) is 65.2 Å². The number of Topliss-reactive ketones (excluding diaryl/α,β-unsaturated/α-hetero) is 1. The Kier molecular flexibility index (Phi) is 10.6. The SMILES string of the molecule is CCCCNC(=O)[C@H](CC)N(Cc1ccc(C)cc1)C(=O)CN(c1cccc(C(C)=O)c1)S(C)(=O)=O. The van der Waals surface area contributed by atoms with Gasteiger partial charge in [0.1, 0.15) is 12.6 Å². The van der Waals surface area contributed by atoms with E-state index >= 15 is 0 Å². The van der Waals surface area contributed by atoms with Gasteiger partial charge in [-0.25, -0.2) is 8.42 Å². The van der Waals surface area contributed by atoms with Gasteiger partial charge in [-0.1, -0.05) is 62.2 Å². The number of anilines is 1. The largest absolute Gasteiger partial charge is 0.354 e. The first-order chi connectivity index (χ1) is 17.0. The van der Waals surface area contributed by atoms with Gasteiger partial charge in [-0.05, 0) is 44.4 Å². The monoisotopic (exact) mass is 515 g/mol. The maximum absolute atomic E-state index is 13.7. The number of nitrogens with one attached hydrogen (secondary N) is 1. The summed E-state index contributed by atoms with van der Waals surface area (Å²) in [6.45, 7) is 7.37. The summed E-state index contributed by atoms with van der Waals surface area (Å²) in [6.07, 6.45) is 3.13. The van der Waals surface area contributed by atoms with E-state index in [2.05, 4.69) is 5.32 Å². The highest BCUT2D eigenvalue weighted by molar-refractivity contribution is 7.92. The van der Waals surface area contributed by atoms with E-state index in [0.717, 1.165) is 34.5 Å². The van der Waals surface area contributed by atoms with Crippen LogP contribution in [0.15, 0.2) is 48.5 Å². The molecule has 2 aromatic rings. The Morgan fingerprint density at radius 1 is 1.03 bits per heavy atom. The third kappa shape index (κ3) is 8.19. The lowest BCUT2D eigenvalue weighted by Crippen LogP contribution is -2.52. The average Bonchev–Trinajstić information content (AvgIpc) is 2.83. The third-order valence-electron chi connectivity index (χ3n) is 5.91. The van der Waals surface area contributed by atoms with Crippen molar-refractivity contribution < 1.29 is 22.8 Å². The van der Waals surface area contributed by atoms with Gasteiger partial charge < -0.3 is 10.2 Å². The highest BCUT2D eigenvalue weighted by atomic mass is 32.2. The first-order valence-electron chi connectivity index (χ1n) is 12.2. The van der Waals surface area contributed by atoms with Crippen molar-refractivity contribution in [1.29, 1.82) is 0 Å². The van der Waals surface area contributed by atoms with Crippen LogP contribution in [-0.4, -0.2) is 56.3 Å². The fraction of sp³-hybridized carbons (Fsp3) is 0.444. The number of hydrogen-bond acceptors (Lipinski definition) is 5. The highest BCUT2D eigenvalue weighted by Gasteiger charge is 2.31. The minimum absolute atomic E-state index is 0.157. The summed E-state index contributed by atoms with van der Waals surface area (Å²) in [5.41, 5.74) is 2.45. The number of carbonyl (C=O) groups excluding carboxylic acids is 3. The maximum Gasteiger partial charge on any atom is 0.244 e. The van der Waals surface area contributed by atoms with Crippen molar-refractivity contribution in [2.45, 2.75) is 59.5 Å². The predicted octanol–water partition coefficient (Wildman–Crippen LogP) is 3.69. The molecule has 2 rings (SSSR count). The number of hydrogen-bond donors (Lipinski definition) is 1. The number of aryl methyl sites for hydroxylation is 1. The molecule has 0 fully saturated rings. The Morgan fingerprint density at radius 2 is 1.69 bits per heavy atom. The van der Waals surface area contributed by atoms with Crippen molar-refractivity contribution >= 4 is 33.3 Å². The van der Waals surface area contributed by atoms with Gasteiger partial charge in [-0.3, -0.25) is 18.7 Å². The van der Waals surface area contributed by atoms with Gasteiger partial charge in [0.2, 0.25) is 21.8 Å². The molecule has 9 heteroatoms. The van der Waals surface area contributed by atoms with Crippen molar-refractivity contribution in [3.8, 4) is 0 Å². The lowest BCUT2D eigenvalue weighted by Gasteiger charge is -2.33. The molecule has 1 atom stereocenters. The number of rotatable bonds is 13. The van der Waals surface area contributed by atoms with Crippen LogP contribution in [0.3, 0.4) is 0 Å². The quantitative estimate of drug-likeness (QED) is 0.324. The number of nitrogens with zero attached hydrogens (tertiary/aromatic N) is 2. The van der Waals surface area contributed by atoms with E-state index in [1.54, 1.807) is 18.2 Å². The van der Waals surface area contributed by atoms with Gasteiger partial charge in [0.15, 0.2) is 5.78 Å². The molecule has 0 aliphatic rings. The fourth-order valence-corrected chi connectivity index (χ4v) is 4.65. The zero-order valence-corrected chi connectivity index (χ0v) is 22.6. The van der Waals surface area contributed by atoms with Gasteiger partial charge in [0.25, 0.3) is 0 Å². The molecule has 0 aliphatic carbocycles. The summed E-state index contributed by atoms with van der Waals surface area (Å²) in [5, 5.41) is 2.90. The first-order valence-corrected chi connectivity index (χ1v) is 14.0. The van der Waals surface area contributed by atoms with Gasteiger partial charge in [0, 0.05) is 18.7 Å². The van der Waals surface area contributed by atoms with E-state index in [0.29, 0.717) is 18.5 Å². The summed E-state index contributed by atoms with van der Waals surface area (Å²) >= 11 is 0. The van der Waals surface area contributed by atoms with E-state index in [9.17, 15) is 22.8 Å². The summed E-state index contributed by atoms with van der Waals surface area (Å²) < 4.78 is 26.4. The van der Waals surface area contributed by atoms with Gasteiger partial charge in [0.05, 0.1) is 11.9 Å². The Hall–Kier alpha value is -3.20. The topological polar surface area (TPSA) is 104 Å². The molecular formula is C27H37N3O5S. The Morgan fingerprint density at radius 3 is 2.25 bits per heavy atom. The second kappa shape index (κ2) is 13.2. The molecule has 0 spiro atoms. The van der Waals surface area contributed by atoms with Crippen molar-refractivity contribution in [2.75, 3.05) is 23.7 Å². The summed E-state index contributed by atoms with van der Waals surface area (Å²) in [5.74, 6) is -0.991. The molecule has 0 aromatic heterocycles. The molecule has 196 valence electrons. The van der Waals surface area contributed by atoms with Crippen LogP contribution < -0.4 is 9.62 Å². The van der Waals surface area contributed by atoms with Crippen LogP contribution in [0, 0.1) is 6.92 Å².